The van der Waals surface area contributed by atoms with E-state index < -0.39 is 55.6 Å². The third-order valence-electron chi connectivity index (χ3n) is 13.3. The lowest BCUT2D eigenvalue weighted by molar-refractivity contribution is -0.303. The van der Waals surface area contributed by atoms with Crippen LogP contribution in [0.25, 0.3) is 0 Å². The molecule has 1 aliphatic heterocycles. The number of aliphatic hydroxyl groups is 6. The Hall–Kier alpha value is -0.890. The van der Waals surface area contributed by atoms with E-state index in [1.54, 1.807) is 0 Å². The first-order chi connectivity index (χ1) is 30.7. The molecule has 0 unspecified atom stereocenters. The highest BCUT2D eigenvalue weighted by atomic mass is 16.7. The van der Waals surface area contributed by atoms with Gasteiger partial charge in [0, 0.05) is 6.42 Å². The van der Waals surface area contributed by atoms with Crippen molar-refractivity contribution >= 4 is 5.91 Å². The number of nitrogens with one attached hydrogen (secondary N) is 1. The van der Waals surface area contributed by atoms with E-state index in [4.69, 9.17) is 9.47 Å². The number of nitrogens with zero attached hydrogens (tertiary/aromatic N) is 1. The van der Waals surface area contributed by atoms with Crippen LogP contribution in [-0.2, 0) is 14.3 Å². The molecule has 1 heterocycles. The topological polar surface area (TPSA) is 172 Å². The number of hydrogen-bond acceptors (Lipinski definition) is 10. The average molecular weight is 901 g/mol. The molecular formula is C52H104N2O9. The molecule has 0 aliphatic carbocycles. The van der Waals surface area contributed by atoms with Gasteiger partial charge in [-0.3, -0.25) is 4.79 Å². The standard InChI is InChI=1S/C52H104N2O9/c1-4-7-10-13-16-17-18-19-20-22-27-32-37-45(56)48(58)44(43-62-52-51(61)50(60)49(59)46(42-55)63-52)53-47(57)38-33-28-23-21-26-31-36-41-54(39-34-29-24-14-11-8-5-2)40-35-30-25-15-12-9-6-3/h44-46,48-52,55-56,58-61H,4-43H2,1-3H3,(H,53,57)/t44-,45+,46+,48-,49-,50-,51+,52-/m0/s1. The molecule has 8 atom stereocenters. The summed E-state index contributed by atoms with van der Waals surface area (Å²) in [4.78, 5) is 15.9. The fourth-order valence-electron chi connectivity index (χ4n) is 8.97. The summed E-state index contributed by atoms with van der Waals surface area (Å²) < 4.78 is 11.2. The molecule has 7 N–H and O–H groups in total. The number of hydrogen-bond donors (Lipinski definition) is 7. The second kappa shape index (κ2) is 42.5. The van der Waals surface area contributed by atoms with Crippen LogP contribution in [0.15, 0.2) is 0 Å². The maximum absolute atomic E-state index is 13.2. The van der Waals surface area contributed by atoms with Gasteiger partial charge in [-0.2, -0.15) is 0 Å². The van der Waals surface area contributed by atoms with Crippen molar-refractivity contribution in [1.29, 1.82) is 0 Å². The zero-order chi connectivity index (χ0) is 46.2. The summed E-state index contributed by atoms with van der Waals surface area (Å²) in [6.45, 7) is 9.58. The summed E-state index contributed by atoms with van der Waals surface area (Å²) in [7, 11) is 0. The smallest absolute Gasteiger partial charge is 0.220 e. The number of carbonyl (C=O) groups excluding carboxylic acids is 1. The molecule has 63 heavy (non-hydrogen) atoms. The maximum atomic E-state index is 13.2. The summed E-state index contributed by atoms with van der Waals surface area (Å²) in [5.74, 6) is -0.254. The lowest BCUT2D eigenvalue weighted by Gasteiger charge is -2.40. The van der Waals surface area contributed by atoms with E-state index in [9.17, 15) is 35.4 Å². The van der Waals surface area contributed by atoms with Crippen LogP contribution in [0.3, 0.4) is 0 Å². The molecule has 0 saturated carbocycles. The van der Waals surface area contributed by atoms with E-state index in [2.05, 4.69) is 31.0 Å². The van der Waals surface area contributed by atoms with Gasteiger partial charge in [0.1, 0.15) is 30.5 Å². The first-order valence-corrected chi connectivity index (χ1v) is 27.0. The normalized spacial score (nSPS) is 20.6. The number of unbranched alkanes of at least 4 members (excludes halogenated alkanes) is 29. The largest absolute Gasteiger partial charge is 0.394 e. The molecule has 0 aromatic heterocycles. The first kappa shape index (κ1) is 60.1. The Morgan fingerprint density at radius 3 is 1.33 bits per heavy atom. The second-order valence-electron chi connectivity index (χ2n) is 19.2. The van der Waals surface area contributed by atoms with Gasteiger partial charge in [-0.15, -0.1) is 0 Å². The van der Waals surface area contributed by atoms with Gasteiger partial charge in [-0.1, -0.05) is 207 Å². The maximum Gasteiger partial charge on any atom is 0.220 e. The number of ether oxygens (including phenoxy) is 2. The molecule has 1 fully saturated rings. The molecule has 0 aromatic carbocycles. The van der Waals surface area contributed by atoms with Crippen molar-refractivity contribution in [3.05, 3.63) is 0 Å². The number of aliphatic hydroxyl groups excluding tert-OH is 6. The summed E-state index contributed by atoms with van der Waals surface area (Å²) in [6.07, 6.45) is 31.8. The Morgan fingerprint density at radius 1 is 0.540 bits per heavy atom. The van der Waals surface area contributed by atoms with Gasteiger partial charge >= 0.3 is 0 Å². The quantitative estimate of drug-likeness (QED) is 0.0292. The Labute approximate surface area is 387 Å². The van der Waals surface area contributed by atoms with Crippen molar-refractivity contribution in [2.24, 2.45) is 0 Å². The van der Waals surface area contributed by atoms with Gasteiger partial charge in [-0.25, -0.2) is 0 Å². The van der Waals surface area contributed by atoms with Crippen molar-refractivity contribution in [2.45, 2.75) is 294 Å². The van der Waals surface area contributed by atoms with E-state index in [0.717, 1.165) is 44.9 Å². The predicted molar refractivity (Wildman–Crippen MR) is 259 cm³/mol. The van der Waals surface area contributed by atoms with Crippen LogP contribution in [0.1, 0.15) is 245 Å². The minimum Gasteiger partial charge on any atom is -0.394 e. The van der Waals surface area contributed by atoms with E-state index in [0.29, 0.717) is 12.8 Å². The zero-order valence-corrected chi connectivity index (χ0v) is 41.3. The van der Waals surface area contributed by atoms with Gasteiger partial charge in [-0.05, 0) is 51.7 Å². The fourth-order valence-corrected chi connectivity index (χ4v) is 8.97. The number of rotatable bonds is 46. The highest BCUT2D eigenvalue weighted by Gasteiger charge is 2.44. The van der Waals surface area contributed by atoms with Crippen molar-refractivity contribution in [2.75, 3.05) is 32.8 Å². The van der Waals surface area contributed by atoms with E-state index in [-0.39, 0.29) is 18.9 Å². The summed E-state index contributed by atoms with van der Waals surface area (Å²) >= 11 is 0. The molecule has 1 amide bonds. The van der Waals surface area contributed by atoms with Crippen LogP contribution in [-0.4, -0.2) is 123 Å². The van der Waals surface area contributed by atoms with E-state index in [1.165, 1.54) is 180 Å². The number of amides is 1. The van der Waals surface area contributed by atoms with Gasteiger partial charge < -0.3 is 50.3 Å². The Kier molecular flexibility index (Phi) is 40.5. The van der Waals surface area contributed by atoms with Crippen LogP contribution in [0.5, 0.6) is 0 Å². The molecule has 1 aliphatic rings. The first-order valence-electron chi connectivity index (χ1n) is 27.0. The van der Waals surface area contributed by atoms with Crippen molar-refractivity contribution in [1.82, 2.24) is 10.2 Å². The molecule has 0 bridgehead atoms. The molecule has 376 valence electrons. The van der Waals surface area contributed by atoms with Crippen molar-refractivity contribution in [3.8, 4) is 0 Å². The molecule has 0 spiro atoms. The van der Waals surface area contributed by atoms with Crippen molar-refractivity contribution in [3.63, 3.8) is 0 Å². The second-order valence-corrected chi connectivity index (χ2v) is 19.2. The third-order valence-corrected chi connectivity index (χ3v) is 13.3. The zero-order valence-electron chi connectivity index (χ0n) is 41.3. The van der Waals surface area contributed by atoms with Crippen LogP contribution in [0, 0.1) is 0 Å². The molecule has 1 saturated heterocycles. The van der Waals surface area contributed by atoms with Gasteiger partial charge in [0.2, 0.25) is 5.91 Å². The molecule has 11 nitrogen and oxygen atoms in total. The molecular weight excluding hydrogens is 797 g/mol. The lowest BCUT2D eigenvalue weighted by atomic mass is 9.98. The van der Waals surface area contributed by atoms with Crippen LogP contribution < -0.4 is 5.32 Å². The average Bonchev–Trinajstić information content (AvgIpc) is 3.28. The van der Waals surface area contributed by atoms with Crippen LogP contribution in [0.4, 0.5) is 0 Å². The van der Waals surface area contributed by atoms with Crippen molar-refractivity contribution < 1.29 is 44.9 Å². The Morgan fingerprint density at radius 2 is 0.921 bits per heavy atom. The van der Waals surface area contributed by atoms with Crippen LogP contribution >= 0.6 is 0 Å². The SMILES string of the molecule is CCCCCCCCCCCCCC[C@@H](O)[C@@H](O)[C@H](CO[C@H]1O[C@H](CO)[C@H](O)[C@H](O)[C@H]1O)NC(=O)CCCCCCCCCN(CCCCCCCCC)CCCCCCCCC. The molecule has 11 heteroatoms. The Bertz CT molecular complexity index is 975. The fraction of sp³-hybridized carbons (Fsp3) is 0.981. The molecule has 1 rings (SSSR count). The minimum absolute atomic E-state index is 0.254. The highest BCUT2D eigenvalue weighted by Crippen LogP contribution is 2.23. The van der Waals surface area contributed by atoms with Crippen LogP contribution in [0.2, 0.25) is 0 Å². The Balaban J connectivity index is 2.49. The van der Waals surface area contributed by atoms with E-state index >= 15 is 0 Å². The van der Waals surface area contributed by atoms with Gasteiger partial charge in [0.25, 0.3) is 0 Å². The highest BCUT2D eigenvalue weighted by molar-refractivity contribution is 5.76. The third kappa shape index (κ3) is 31.7. The monoisotopic (exact) mass is 901 g/mol. The number of carbonyl (C=O) groups is 1. The summed E-state index contributed by atoms with van der Waals surface area (Å²) in [5, 5.41) is 65.6. The summed E-state index contributed by atoms with van der Waals surface area (Å²) in [5.41, 5.74) is 0. The molecule has 0 aromatic rings. The van der Waals surface area contributed by atoms with Gasteiger partial charge in [0.05, 0.1) is 25.4 Å². The van der Waals surface area contributed by atoms with Gasteiger partial charge in [0.15, 0.2) is 6.29 Å². The molecule has 0 radical (unpaired) electrons. The lowest BCUT2D eigenvalue weighted by Crippen LogP contribution is -2.60. The summed E-state index contributed by atoms with van der Waals surface area (Å²) in [6, 6.07) is -0.992. The predicted octanol–water partition coefficient (Wildman–Crippen LogP) is 10.0. The van der Waals surface area contributed by atoms with E-state index in [1.807, 2.05) is 0 Å². The minimum atomic E-state index is -1.61.